The van der Waals surface area contributed by atoms with Gasteiger partial charge in [-0.2, -0.15) is 0 Å². The number of para-hydroxylation sites is 1. The van der Waals surface area contributed by atoms with Crippen LogP contribution in [0, 0.1) is 0 Å². The van der Waals surface area contributed by atoms with Crippen LogP contribution >= 0.6 is 0 Å². The summed E-state index contributed by atoms with van der Waals surface area (Å²) in [4.78, 5) is 7.82. The van der Waals surface area contributed by atoms with Gasteiger partial charge < -0.3 is 14.7 Å². The molecule has 0 aromatic heterocycles. The van der Waals surface area contributed by atoms with Crippen molar-refractivity contribution < 1.29 is 0 Å². The average Bonchev–Trinajstić information content (AvgIpc) is 1.41. The molecule has 8 aromatic rings. The van der Waals surface area contributed by atoms with Crippen LogP contribution in [0.25, 0.3) is 11.1 Å². The second-order valence-corrected chi connectivity index (χ2v) is 28.8. The van der Waals surface area contributed by atoms with Crippen LogP contribution in [-0.4, -0.2) is 0 Å². The van der Waals surface area contributed by atoms with Gasteiger partial charge in [0.25, 0.3) is 0 Å². The highest BCUT2D eigenvalue weighted by molar-refractivity contribution is 6.01. The molecule has 5 aliphatic rings. The predicted octanol–water partition coefficient (Wildman–Crippen LogP) is 21.4. The Kier molecular flexibility index (Phi) is 11.4. The van der Waals surface area contributed by atoms with Crippen molar-refractivity contribution in [3.8, 4) is 11.1 Å². The Morgan fingerprint density at radius 3 is 1.30 bits per heavy atom. The molecule has 408 valence electrons. The summed E-state index contributed by atoms with van der Waals surface area (Å²) in [6, 6.07) is 59.7. The number of fused-ring (bicyclic) bond motifs is 4. The van der Waals surface area contributed by atoms with Gasteiger partial charge in [-0.25, -0.2) is 0 Å². The zero-order valence-corrected chi connectivity index (χ0v) is 51.0. The summed E-state index contributed by atoms with van der Waals surface area (Å²) in [6.07, 6.45) is 9.63. The van der Waals surface area contributed by atoms with E-state index in [9.17, 15) is 0 Å². The maximum absolute atomic E-state index is 4.65. The smallest absolute Gasteiger partial charge is 0.0545 e. The normalized spacial score (nSPS) is 18.5. The minimum atomic E-state index is -0.445. The quantitative estimate of drug-likeness (QED) is 0.164. The molecule has 0 atom stereocenters. The summed E-state index contributed by atoms with van der Waals surface area (Å²) >= 11 is 0. The standard InChI is InChI=1S/C78H81N3/c1-48-24-19-18-20-25-49-30-35-55(43-64(49)74(48,8)9)80(53-38-33-51(34-39-53)73(5,6)7)57-45-66-71-68(47-57)78(16,17)67-46-56(44-65-70(67)81(71)69-62(76(65,12)13)28-23-29-63(69)77(66,14)15)79(52-36-31-50(32-37-52)72(2,3)4)54-40-41-61-59(42-54)58-26-21-22-27-60(58)75(61,10)11/h18-24,26-47H,1,25H2,2-17H3/b20-18-,24-19-. The average molecular weight is 1060 g/mol. The summed E-state index contributed by atoms with van der Waals surface area (Å²) in [5, 5.41) is 0. The molecule has 13 rings (SSSR count). The Hall–Kier alpha value is -7.62. The summed E-state index contributed by atoms with van der Waals surface area (Å²) in [5.74, 6) is 0. The molecule has 0 bridgehead atoms. The highest BCUT2D eigenvalue weighted by atomic mass is 15.2. The van der Waals surface area contributed by atoms with Crippen molar-refractivity contribution in [3.05, 3.63) is 255 Å². The molecule has 0 N–H and O–H groups in total. The highest BCUT2D eigenvalue weighted by Crippen LogP contribution is 2.68. The number of hydrogen-bond donors (Lipinski definition) is 0. The molecule has 0 unspecified atom stereocenters. The van der Waals surface area contributed by atoms with E-state index in [1.54, 1.807) is 0 Å². The van der Waals surface area contributed by atoms with Gasteiger partial charge in [-0.3, -0.25) is 0 Å². The Labute approximate surface area is 484 Å². The first-order chi connectivity index (χ1) is 38.1. The molecular weight excluding hydrogens is 979 g/mol. The van der Waals surface area contributed by atoms with Gasteiger partial charge in [-0.05, 0) is 174 Å². The van der Waals surface area contributed by atoms with Gasteiger partial charge in [0.1, 0.15) is 0 Å². The third kappa shape index (κ3) is 7.73. The Morgan fingerprint density at radius 2 is 0.778 bits per heavy atom. The largest absolute Gasteiger partial charge is 0.310 e. The van der Waals surface area contributed by atoms with E-state index in [4.69, 9.17) is 0 Å². The van der Waals surface area contributed by atoms with Crippen molar-refractivity contribution in [2.24, 2.45) is 0 Å². The Balaban J connectivity index is 1.08. The third-order valence-corrected chi connectivity index (χ3v) is 20.0. The monoisotopic (exact) mass is 1060 g/mol. The summed E-state index contributed by atoms with van der Waals surface area (Å²) < 4.78 is 0. The molecule has 8 aromatic carbocycles. The molecule has 3 aliphatic heterocycles. The number of allylic oxidation sites excluding steroid dienone is 5. The van der Waals surface area contributed by atoms with Crippen molar-refractivity contribution >= 4 is 51.2 Å². The Morgan fingerprint density at radius 1 is 0.370 bits per heavy atom. The van der Waals surface area contributed by atoms with Crippen LogP contribution in [0.1, 0.15) is 178 Å². The van der Waals surface area contributed by atoms with E-state index in [0.29, 0.717) is 0 Å². The number of rotatable bonds is 6. The maximum Gasteiger partial charge on any atom is 0.0545 e. The molecule has 0 radical (unpaired) electrons. The fraction of sp³-hybridized carbons (Fsp3) is 0.308. The van der Waals surface area contributed by atoms with Gasteiger partial charge in [0.15, 0.2) is 0 Å². The van der Waals surface area contributed by atoms with E-state index < -0.39 is 5.41 Å². The van der Waals surface area contributed by atoms with Gasteiger partial charge in [0.2, 0.25) is 0 Å². The van der Waals surface area contributed by atoms with Crippen LogP contribution in [0.15, 0.2) is 188 Å². The van der Waals surface area contributed by atoms with E-state index in [1.165, 1.54) is 101 Å². The third-order valence-electron chi connectivity index (χ3n) is 20.0. The second kappa shape index (κ2) is 17.4. The fourth-order valence-corrected chi connectivity index (χ4v) is 14.7. The minimum Gasteiger partial charge on any atom is -0.310 e. The Bertz CT molecular complexity index is 4020. The summed E-state index contributed by atoms with van der Waals surface area (Å²) in [5.41, 5.74) is 29.3. The molecule has 2 aliphatic carbocycles. The molecule has 3 heteroatoms. The first-order valence-corrected chi connectivity index (χ1v) is 29.7. The molecular formula is C78H81N3. The zero-order valence-electron chi connectivity index (χ0n) is 51.0. The van der Waals surface area contributed by atoms with Crippen molar-refractivity contribution in [3.63, 3.8) is 0 Å². The lowest BCUT2D eigenvalue weighted by molar-refractivity contribution is 0.567. The lowest BCUT2D eigenvalue weighted by atomic mass is 9.60. The van der Waals surface area contributed by atoms with Crippen LogP contribution in [0.2, 0.25) is 0 Å². The molecule has 3 nitrogen and oxygen atoms in total. The first-order valence-electron chi connectivity index (χ1n) is 29.7. The van der Waals surface area contributed by atoms with E-state index >= 15 is 0 Å². The van der Waals surface area contributed by atoms with Gasteiger partial charge in [-0.1, -0.05) is 221 Å². The van der Waals surface area contributed by atoms with E-state index in [2.05, 4.69) is 308 Å². The van der Waals surface area contributed by atoms with Crippen LogP contribution in [0.5, 0.6) is 0 Å². The van der Waals surface area contributed by atoms with E-state index in [1.807, 2.05) is 0 Å². The number of anilines is 9. The van der Waals surface area contributed by atoms with Gasteiger partial charge in [0.05, 0.1) is 17.1 Å². The molecule has 0 saturated carbocycles. The topological polar surface area (TPSA) is 9.72 Å². The van der Waals surface area contributed by atoms with Crippen LogP contribution < -0.4 is 14.7 Å². The summed E-state index contributed by atoms with van der Waals surface area (Å²) in [7, 11) is 0. The minimum absolute atomic E-state index is 0.00853. The van der Waals surface area contributed by atoms with Crippen molar-refractivity contribution in [2.75, 3.05) is 14.7 Å². The molecule has 0 fully saturated rings. The van der Waals surface area contributed by atoms with Gasteiger partial charge in [-0.15, -0.1) is 0 Å². The van der Waals surface area contributed by atoms with Crippen LogP contribution in [-0.2, 0) is 44.3 Å². The molecule has 0 saturated heterocycles. The lowest BCUT2D eigenvalue weighted by Crippen LogP contribution is -2.44. The fourth-order valence-electron chi connectivity index (χ4n) is 14.7. The van der Waals surface area contributed by atoms with E-state index in [0.717, 1.165) is 40.4 Å². The molecule has 0 spiro atoms. The van der Waals surface area contributed by atoms with Crippen molar-refractivity contribution in [1.29, 1.82) is 0 Å². The van der Waals surface area contributed by atoms with Crippen LogP contribution in [0.3, 0.4) is 0 Å². The number of nitrogens with zero attached hydrogens (tertiary/aromatic N) is 3. The SMILES string of the molecule is C=C1/C=C\C=C/Cc2ccc(N(c3ccc(C(C)(C)C)cc3)c3cc4c5c(c3)C(C)(C)c3cc(N(c6ccc(C(C)(C)C)cc6)c6ccc7c(c6)-c6ccccc6C7(C)C)cc6c3N5c3c(cccc3C4(C)C)C6(C)C)cc2C1(C)C. The van der Waals surface area contributed by atoms with Gasteiger partial charge in [0, 0.05) is 61.2 Å². The lowest BCUT2D eigenvalue weighted by Gasteiger charge is -2.55. The number of hydrogen-bond acceptors (Lipinski definition) is 3. The predicted molar refractivity (Wildman–Crippen MR) is 346 cm³/mol. The molecule has 81 heavy (non-hydrogen) atoms. The molecule has 0 amide bonds. The highest BCUT2D eigenvalue weighted by Gasteiger charge is 2.53. The number of benzene rings is 8. The van der Waals surface area contributed by atoms with Crippen LogP contribution in [0.4, 0.5) is 51.2 Å². The van der Waals surface area contributed by atoms with E-state index in [-0.39, 0.29) is 32.5 Å². The second-order valence-electron chi connectivity index (χ2n) is 28.8. The maximum atomic E-state index is 4.65. The molecule has 3 heterocycles. The zero-order chi connectivity index (χ0) is 57.3. The van der Waals surface area contributed by atoms with Crippen molar-refractivity contribution in [1.82, 2.24) is 0 Å². The first kappa shape index (κ1) is 52.7. The van der Waals surface area contributed by atoms with Gasteiger partial charge >= 0.3 is 0 Å². The summed E-state index contributed by atoms with van der Waals surface area (Å²) in [6.45, 7) is 42.8. The van der Waals surface area contributed by atoms with Crippen molar-refractivity contribution in [2.45, 2.75) is 155 Å².